The fourth-order valence-electron chi connectivity index (χ4n) is 1.80. The number of nitrogens with one attached hydrogen (secondary N) is 1. The van der Waals surface area contributed by atoms with Crippen LogP contribution in [-0.2, 0) is 4.79 Å². The summed E-state index contributed by atoms with van der Waals surface area (Å²) in [6.07, 6.45) is 8.68. The summed E-state index contributed by atoms with van der Waals surface area (Å²) in [4.78, 5) is 19.2. The maximum Gasteiger partial charge on any atom is 0.328 e. The van der Waals surface area contributed by atoms with E-state index in [-0.39, 0.29) is 0 Å². The molecule has 1 fully saturated rings. The first kappa shape index (κ1) is 13.9. The molecule has 2 rings (SSSR count). The zero-order valence-corrected chi connectivity index (χ0v) is 11.8. The summed E-state index contributed by atoms with van der Waals surface area (Å²) in [5, 5.41) is 12.7. The molecule has 2 N–H and O–H groups in total. The molecule has 1 heterocycles. The van der Waals surface area contributed by atoms with Crippen LogP contribution >= 0.6 is 11.8 Å². The number of carboxylic acid groups (broad SMARTS) is 1. The van der Waals surface area contributed by atoms with Gasteiger partial charge in [0.15, 0.2) is 5.16 Å². The smallest absolute Gasteiger partial charge is 0.328 e. The monoisotopic (exact) mass is 279 g/mol. The van der Waals surface area contributed by atoms with Crippen LogP contribution in [0.4, 0.5) is 5.82 Å². The standard InChI is InChI=1S/C13H17N3O2S/c1-8(9-3-4-9)15-12-10(5-6-11(17)18)7-14-13(16-12)19-2/h5-9H,3-4H2,1-2H3,(H,17,18)(H,14,15,16)/b6-5+. The summed E-state index contributed by atoms with van der Waals surface area (Å²) in [5.74, 6) is 0.426. The van der Waals surface area contributed by atoms with Crippen molar-refractivity contribution in [1.29, 1.82) is 0 Å². The van der Waals surface area contributed by atoms with Gasteiger partial charge in [0.2, 0.25) is 0 Å². The average Bonchev–Trinajstić information content (AvgIpc) is 3.21. The summed E-state index contributed by atoms with van der Waals surface area (Å²) in [6.45, 7) is 2.13. The maximum atomic E-state index is 10.6. The van der Waals surface area contributed by atoms with Crippen molar-refractivity contribution in [3.05, 3.63) is 17.8 Å². The number of anilines is 1. The van der Waals surface area contributed by atoms with Crippen molar-refractivity contribution in [3.8, 4) is 0 Å². The van der Waals surface area contributed by atoms with E-state index in [1.807, 2.05) is 6.26 Å². The Labute approximate surface area is 116 Å². The number of rotatable bonds is 6. The van der Waals surface area contributed by atoms with Crippen LogP contribution in [0.3, 0.4) is 0 Å². The van der Waals surface area contributed by atoms with Crippen molar-refractivity contribution in [2.45, 2.75) is 31.0 Å². The zero-order valence-electron chi connectivity index (χ0n) is 11.0. The molecule has 0 aliphatic heterocycles. The molecule has 0 spiro atoms. The van der Waals surface area contributed by atoms with Crippen LogP contribution < -0.4 is 5.32 Å². The summed E-state index contributed by atoms with van der Waals surface area (Å²) >= 11 is 1.46. The summed E-state index contributed by atoms with van der Waals surface area (Å²) in [5.41, 5.74) is 0.702. The van der Waals surface area contributed by atoms with E-state index in [0.717, 1.165) is 6.08 Å². The van der Waals surface area contributed by atoms with E-state index in [2.05, 4.69) is 22.2 Å². The number of nitrogens with zero attached hydrogens (tertiary/aromatic N) is 2. The maximum absolute atomic E-state index is 10.6. The highest BCUT2D eigenvalue weighted by Crippen LogP contribution is 2.34. The topological polar surface area (TPSA) is 75.1 Å². The van der Waals surface area contributed by atoms with Gasteiger partial charge in [-0.2, -0.15) is 0 Å². The minimum atomic E-state index is -0.977. The second kappa shape index (κ2) is 6.06. The van der Waals surface area contributed by atoms with Crippen molar-refractivity contribution in [2.75, 3.05) is 11.6 Å². The van der Waals surface area contributed by atoms with Gasteiger partial charge in [-0.1, -0.05) is 11.8 Å². The molecular formula is C13H17N3O2S. The third-order valence-electron chi connectivity index (χ3n) is 3.08. The van der Waals surface area contributed by atoms with E-state index < -0.39 is 5.97 Å². The van der Waals surface area contributed by atoms with Gasteiger partial charge in [-0.15, -0.1) is 0 Å². The van der Waals surface area contributed by atoms with Gasteiger partial charge < -0.3 is 10.4 Å². The van der Waals surface area contributed by atoms with E-state index in [1.54, 1.807) is 6.20 Å². The van der Waals surface area contributed by atoms with Gasteiger partial charge >= 0.3 is 5.97 Å². The van der Waals surface area contributed by atoms with Gasteiger partial charge in [0.25, 0.3) is 0 Å². The van der Waals surface area contributed by atoms with Crippen LogP contribution in [-0.4, -0.2) is 33.3 Å². The van der Waals surface area contributed by atoms with Crippen LogP contribution in [0.15, 0.2) is 17.4 Å². The van der Waals surface area contributed by atoms with Crippen LogP contribution in [0.1, 0.15) is 25.3 Å². The van der Waals surface area contributed by atoms with E-state index in [9.17, 15) is 4.79 Å². The second-order valence-electron chi connectivity index (χ2n) is 4.60. The Hall–Kier alpha value is -1.56. The first-order valence-electron chi connectivity index (χ1n) is 6.18. The second-order valence-corrected chi connectivity index (χ2v) is 5.38. The van der Waals surface area contributed by atoms with Crippen LogP contribution in [0.25, 0.3) is 6.08 Å². The minimum absolute atomic E-state index is 0.349. The Bertz CT molecular complexity index is 501. The van der Waals surface area contributed by atoms with Gasteiger partial charge in [-0.25, -0.2) is 14.8 Å². The number of carboxylic acids is 1. The largest absolute Gasteiger partial charge is 0.478 e. The SMILES string of the molecule is CSc1ncc(/C=C/C(=O)O)c(NC(C)C2CC2)n1. The molecule has 1 aromatic rings. The highest BCUT2D eigenvalue weighted by atomic mass is 32.2. The predicted molar refractivity (Wildman–Crippen MR) is 76.3 cm³/mol. The molecule has 19 heavy (non-hydrogen) atoms. The molecule has 0 bridgehead atoms. The molecule has 1 aliphatic carbocycles. The molecule has 0 amide bonds. The van der Waals surface area contributed by atoms with Gasteiger partial charge in [0.1, 0.15) is 5.82 Å². The highest BCUT2D eigenvalue weighted by Gasteiger charge is 2.28. The molecule has 5 nitrogen and oxygen atoms in total. The minimum Gasteiger partial charge on any atom is -0.478 e. The van der Waals surface area contributed by atoms with Crippen molar-refractivity contribution in [3.63, 3.8) is 0 Å². The Balaban J connectivity index is 2.22. The lowest BCUT2D eigenvalue weighted by atomic mass is 10.2. The third kappa shape index (κ3) is 3.96. The Kier molecular flexibility index (Phi) is 4.42. The lowest BCUT2D eigenvalue weighted by molar-refractivity contribution is -0.131. The van der Waals surface area contributed by atoms with Gasteiger partial charge in [0, 0.05) is 23.9 Å². The Morgan fingerprint density at radius 1 is 1.63 bits per heavy atom. The summed E-state index contributed by atoms with van der Waals surface area (Å²) < 4.78 is 0. The number of aromatic nitrogens is 2. The molecule has 0 aromatic carbocycles. The van der Waals surface area contributed by atoms with E-state index >= 15 is 0 Å². The Morgan fingerprint density at radius 3 is 2.95 bits per heavy atom. The lowest BCUT2D eigenvalue weighted by Crippen LogP contribution is -2.19. The van der Waals surface area contributed by atoms with Crippen molar-refractivity contribution >= 4 is 29.6 Å². The fourth-order valence-corrected chi connectivity index (χ4v) is 2.14. The molecule has 1 atom stereocenters. The fraction of sp³-hybridized carbons (Fsp3) is 0.462. The number of thioether (sulfide) groups is 1. The highest BCUT2D eigenvalue weighted by molar-refractivity contribution is 7.98. The number of carbonyl (C=O) groups is 1. The predicted octanol–water partition coefficient (Wildman–Crippen LogP) is 2.51. The normalized spacial score (nSPS) is 16.5. The average molecular weight is 279 g/mol. The molecule has 1 aromatic heterocycles. The zero-order chi connectivity index (χ0) is 13.8. The van der Waals surface area contributed by atoms with E-state index in [1.165, 1.54) is 30.7 Å². The van der Waals surface area contributed by atoms with Gasteiger partial charge in [0.05, 0.1) is 0 Å². The first-order valence-corrected chi connectivity index (χ1v) is 7.41. The molecule has 1 unspecified atom stereocenters. The summed E-state index contributed by atoms with van der Waals surface area (Å²) in [6, 6.07) is 0.349. The molecule has 102 valence electrons. The van der Waals surface area contributed by atoms with Gasteiger partial charge in [-0.05, 0) is 38.0 Å². The third-order valence-corrected chi connectivity index (χ3v) is 3.64. The van der Waals surface area contributed by atoms with Crippen LogP contribution in [0.5, 0.6) is 0 Å². The number of hydrogen-bond donors (Lipinski definition) is 2. The Morgan fingerprint density at radius 2 is 2.37 bits per heavy atom. The van der Waals surface area contributed by atoms with Crippen LogP contribution in [0, 0.1) is 5.92 Å². The van der Waals surface area contributed by atoms with Gasteiger partial charge in [-0.3, -0.25) is 0 Å². The van der Waals surface area contributed by atoms with Crippen molar-refractivity contribution in [2.24, 2.45) is 5.92 Å². The quantitative estimate of drug-likeness (QED) is 0.473. The molecule has 6 heteroatoms. The summed E-state index contributed by atoms with van der Waals surface area (Å²) in [7, 11) is 0. The van der Waals surface area contributed by atoms with E-state index in [4.69, 9.17) is 5.11 Å². The lowest BCUT2D eigenvalue weighted by Gasteiger charge is -2.15. The molecular weight excluding hydrogens is 262 g/mol. The van der Waals surface area contributed by atoms with E-state index in [0.29, 0.717) is 28.5 Å². The first-order chi connectivity index (χ1) is 9.10. The molecule has 0 saturated heterocycles. The molecule has 0 radical (unpaired) electrons. The number of aliphatic carboxylic acids is 1. The molecule has 1 aliphatic rings. The van der Waals surface area contributed by atoms with Crippen molar-refractivity contribution in [1.82, 2.24) is 9.97 Å². The van der Waals surface area contributed by atoms with Crippen molar-refractivity contribution < 1.29 is 9.90 Å². The van der Waals surface area contributed by atoms with Crippen LogP contribution in [0.2, 0.25) is 0 Å². The molecule has 1 saturated carbocycles. The number of hydrogen-bond acceptors (Lipinski definition) is 5.